The van der Waals surface area contributed by atoms with Crippen LogP contribution in [0.4, 0.5) is 5.95 Å². The molecule has 1 aliphatic carbocycles. The van der Waals surface area contributed by atoms with Gasteiger partial charge < -0.3 is 4.74 Å². The van der Waals surface area contributed by atoms with Crippen LogP contribution in [0.15, 0.2) is 83.9 Å². The predicted molar refractivity (Wildman–Crippen MR) is 152 cm³/mol. The average molecular weight is 545 g/mol. The van der Waals surface area contributed by atoms with E-state index in [-0.39, 0.29) is 17.4 Å². The second-order valence-corrected chi connectivity index (χ2v) is 11.9. The van der Waals surface area contributed by atoms with Gasteiger partial charge in [-0.3, -0.25) is 14.7 Å². The zero-order chi connectivity index (χ0) is 27.6. The number of aromatic nitrogens is 2. The molecule has 39 heavy (non-hydrogen) atoms. The van der Waals surface area contributed by atoms with Gasteiger partial charge in [0.15, 0.2) is 0 Å². The summed E-state index contributed by atoms with van der Waals surface area (Å²) in [6.07, 6.45) is 3.78. The van der Waals surface area contributed by atoms with Gasteiger partial charge >= 0.3 is 0 Å². The molecule has 0 bridgehead atoms. The van der Waals surface area contributed by atoms with Gasteiger partial charge in [-0.1, -0.05) is 47.5 Å². The molecule has 1 heterocycles. The van der Waals surface area contributed by atoms with E-state index >= 15 is 0 Å². The molecule has 1 amide bonds. The largest absolute Gasteiger partial charge is 0.497 e. The quantitative estimate of drug-likeness (QED) is 0.296. The lowest BCUT2D eigenvalue weighted by molar-refractivity contribution is -0.116. The highest BCUT2D eigenvalue weighted by atomic mass is 32.2. The molecule has 1 saturated carbocycles. The zero-order valence-electron chi connectivity index (χ0n) is 22.3. The lowest BCUT2D eigenvalue weighted by atomic mass is 10.1. The second-order valence-electron chi connectivity index (χ2n) is 9.99. The molecule has 5 rings (SSSR count). The Balaban J connectivity index is 1.43. The number of hydrogen-bond acceptors (Lipinski definition) is 5. The number of methoxy groups -OCH3 is 1. The van der Waals surface area contributed by atoms with Gasteiger partial charge in [-0.05, 0) is 69.0 Å². The van der Waals surface area contributed by atoms with Crippen LogP contribution in [-0.4, -0.2) is 48.4 Å². The Morgan fingerprint density at radius 1 is 0.974 bits per heavy atom. The van der Waals surface area contributed by atoms with Gasteiger partial charge in [-0.15, -0.1) is 0 Å². The summed E-state index contributed by atoms with van der Waals surface area (Å²) in [5.41, 5.74) is 4.70. The molecular weight excluding hydrogens is 512 g/mol. The normalized spacial score (nSPS) is 13.4. The van der Waals surface area contributed by atoms with Crippen LogP contribution in [0.3, 0.4) is 0 Å². The third-order valence-electron chi connectivity index (χ3n) is 6.79. The molecule has 3 aromatic carbocycles. The lowest BCUT2D eigenvalue weighted by Crippen LogP contribution is -2.39. The number of rotatable bonds is 10. The van der Waals surface area contributed by atoms with Crippen LogP contribution in [-0.2, 0) is 14.8 Å². The molecule has 1 aliphatic rings. The summed E-state index contributed by atoms with van der Waals surface area (Å²) in [6, 6.07) is 22.1. The van der Waals surface area contributed by atoms with Crippen LogP contribution in [0.2, 0.25) is 0 Å². The molecule has 202 valence electrons. The summed E-state index contributed by atoms with van der Waals surface area (Å²) in [5, 5.41) is 2.88. The Labute approximate surface area is 229 Å². The number of nitrogens with zero attached hydrogens (tertiary/aromatic N) is 3. The SMILES string of the molecule is COc1ccc(S(=O)(=O)N(CC(=O)Nc2nc(-c3ccc(C)cc3)cn2-c2ccc(C)cc2)CC2CC2)cc1. The maximum Gasteiger partial charge on any atom is 0.243 e. The smallest absolute Gasteiger partial charge is 0.243 e. The van der Waals surface area contributed by atoms with Crippen LogP contribution in [0.25, 0.3) is 16.9 Å². The summed E-state index contributed by atoms with van der Waals surface area (Å²) in [7, 11) is -2.36. The van der Waals surface area contributed by atoms with Crippen molar-refractivity contribution in [2.75, 3.05) is 25.5 Å². The average Bonchev–Trinajstić information content (AvgIpc) is 3.66. The number of sulfonamides is 1. The summed E-state index contributed by atoms with van der Waals surface area (Å²) >= 11 is 0. The fraction of sp³-hybridized carbons (Fsp3) is 0.267. The van der Waals surface area contributed by atoms with Crippen molar-refractivity contribution >= 4 is 21.9 Å². The number of carbonyl (C=O) groups excluding carboxylic acids is 1. The van der Waals surface area contributed by atoms with Gasteiger partial charge in [0.1, 0.15) is 5.75 Å². The van der Waals surface area contributed by atoms with Crippen LogP contribution >= 0.6 is 0 Å². The van der Waals surface area contributed by atoms with Crippen molar-refractivity contribution in [3.8, 4) is 22.7 Å². The van der Waals surface area contributed by atoms with Crippen molar-refractivity contribution in [3.63, 3.8) is 0 Å². The first-order chi connectivity index (χ1) is 18.7. The van der Waals surface area contributed by atoms with Crippen LogP contribution in [0.5, 0.6) is 5.75 Å². The summed E-state index contributed by atoms with van der Waals surface area (Å²) in [5.74, 6) is 0.691. The fourth-order valence-electron chi connectivity index (χ4n) is 4.29. The topological polar surface area (TPSA) is 93.5 Å². The summed E-state index contributed by atoms with van der Waals surface area (Å²) in [4.78, 5) is 18.2. The molecule has 0 unspecified atom stereocenters. The zero-order valence-corrected chi connectivity index (χ0v) is 23.1. The first-order valence-electron chi connectivity index (χ1n) is 12.9. The number of nitrogens with one attached hydrogen (secondary N) is 1. The van der Waals surface area contributed by atoms with Gasteiger partial charge in [-0.25, -0.2) is 13.4 Å². The minimum absolute atomic E-state index is 0.125. The van der Waals surface area contributed by atoms with E-state index in [1.807, 2.05) is 73.1 Å². The van der Waals surface area contributed by atoms with Gasteiger partial charge in [-0.2, -0.15) is 4.31 Å². The van der Waals surface area contributed by atoms with Gasteiger partial charge in [0.05, 0.1) is 24.2 Å². The molecule has 1 N–H and O–H groups in total. The Hall–Kier alpha value is -3.95. The molecule has 0 saturated heterocycles. The van der Waals surface area contributed by atoms with Crippen molar-refractivity contribution in [3.05, 3.63) is 90.1 Å². The van der Waals surface area contributed by atoms with E-state index in [1.54, 1.807) is 12.1 Å². The Morgan fingerprint density at radius 2 is 1.59 bits per heavy atom. The van der Waals surface area contributed by atoms with Crippen molar-refractivity contribution in [1.29, 1.82) is 0 Å². The Kier molecular flexibility index (Phi) is 7.54. The minimum atomic E-state index is -3.89. The van der Waals surface area contributed by atoms with Crippen molar-refractivity contribution in [1.82, 2.24) is 13.9 Å². The molecule has 0 spiro atoms. The Morgan fingerprint density at radius 3 is 2.18 bits per heavy atom. The van der Waals surface area contributed by atoms with Crippen molar-refractivity contribution in [2.45, 2.75) is 31.6 Å². The Bertz CT molecular complexity index is 1560. The molecule has 0 aliphatic heterocycles. The summed E-state index contributed by atoms with van der Waals surface area (Å²) < 4.78 is 35.2. The number of hydrogen-bond donors (Lipinski definition) is 1. The highest BCUT2D eigenvalue weighted by Crippen LogP contribution is 2.32. The molecule has 1 aromatic heterocycles. The molecule has 8 nitrogen and oxygen atoms in total. The molecule has 0 atom stereocenters. The number of ether oxygens (including phenoxy) is 1. The van der Waals surface area contributed by atoms with Crippen molar-refractivity contribution < 1.29 is 17.9 Å². The summed E-state index contributed by atoms with van der Waals surface area (Å²) in [6.45, 7) is 4.01. The van der Waals surface area contributed by atoms with E-state index in [2.05, 4.69) is 5.32 Å². The monoisotopic (exact) mass is 544 g/mol. The van der Waals surface area contributed by atoms with Gasteiger partial charge in [0.25, 0.3) is 0 Å². The standard InChI is InChI=1S/C30H32N4O4S/c1-21-4-10-24(11-5-21)28-19-34(25-12-6-22(2)7-13-25)30(31-28)32-29(35)20-33(18-23-8-9-23)39(36,37)27-16-14-26(38-3)15-17-27/h4-7,10-17,19,23H,8-9,18,20H2,1-3H3,(H,31,32,35). The molecule has 9 heteroatoms. The van der Waals surface area contributed by atoms with Crippen LogP contribution < -0.4 is 10.1 Å². The molecule has 0 radical (unpaired) electrons. The predicted octanol–water partition coefficient (Wildman–Crippen LogP) is 5.20. The van der Waals surface area contributed by atoms with Crippen LogP contribution in [0, 0.1) is 19.8 Å². The molecule has 4 aromatic rings. The van der Waals surface area contributed by atoms with E-state index in [9.17, 15) is 13.2 Å². The van der Waals surface area contributed by atoms with E-state index in [4.69, 9.17) is 9.72 Å². The van der Waals surface area contributed by atoms with Crippen LogP contribution in [0.1, 0.15) is 24.0 Å². The highest BCUT2D eigenvalue weighted by Gasteiger charge is 2.33. The van der Waals surface area contributed by atoms with E-state index < -0.39 is 15.9 Å². The number of amides is 1. The maximum absolute atomic E-state index is 13.5. The first-order valence-corrected chi connectivity index (χ1v) is 14.3. The number of imidazole rings is 1. The number of carbonyl (C=O) groups is 1. The van der Waals surface area contributed by atoms with E-state index in [0.29, 0.717) is 23.9 Å². The van der Waals surface area contributed by atoms with E-state index in [1.165, 1.54) is 23.5 Å². The minimum Gasteiger partial charge on any atom is -0.497 e. The number of aryl methyl sites for hydroxylation is 2. The maximum atomic E-state index is 13.5. The third-order valence-corrected chi connectivity index (χ3v) is 8.62. The number of benzene rings is 3. The molecular formula is C30H32N4O4S. The third kappa shape index (κ3) is 6.21. The van der Waals surface area contributed by atoms with Gasteiger partial charge in [0, 0.05) is 24.0 Å². The van der Waals surface area contributed by atoms with E-state index in [0.717, 1.165) is 35.2 Å². The fourth-order valence-corrected chi connectivity index (χ4v) is 5.76. The highest BCUT2D eigenvalue weighted by molar-refractivity contribution is 7.89. The second kappa shape index (κ2) is 11.0. The van der Waals surface area contributed by atoms with Gasteiger partial charge in [0.2, 0.25) is 21.9 Å². The van der Waals surface area contributed by atoms with Crippen molar-refractivity contribution in [2.24, 2.45) is 5.92 Å². The number of anilines is 1. The first kappa shape index (κ1) is 26.6. The molecule has 1 fully saturated rings. The lowest BCUT2D eigenvalue weighted by Gasteiger charge is -2.22.